The van der Waals surface area contributed by atoms with Crippen molar-refractivity contribution in [2.75, 3.05) is 5.88 Å². The van der Waals surface area contributed by atoms with Crippen LogP contribution in [-0.2, 0) is 0 Å². The number of nitrogens with two attached hydrogens (primary N) is 1. The summed E-state index contributed by atoms with van der Waals surface area (Å²) in [5.74, 6) is 0.665. The zero-order valence-electron chi connectivity index (χ0n) is 9.31. The van der Waals surface area contributed by atoms with E-state index in [-0.39, 0.29) is 5.88 Å². The molecule has 2 rings (SSSR count). The van der Waals surface area contributed by atoms with Crippen LogP contribution >= 0.6 is 11.6 Å². The van der Waals surface area contributed by atoms with Crippen LogP contribution in [0.3, 0.4) is 0 Å². The minimum atomic E-state index is 0.239. The molecule has 0 aliphatic rings. The van der Waals surface area contributed by atoms with Gasteiger partial charge in [-0.1, -0.05) is 48.5 Å². The van der Waals surface area contributed by atoms with E-state index in [9.17, 15) is 0 Å². The zero-order chi connectivity index (χ0) is 12.1. The quantitative estimate of drug-likeness (QED) is 0.500. The van der Waals surface area contributed by atoms with Gasteiger partial charge in [-0.2, -0.15) is 0 Å². The molecule has 2 nitrogen and oxygen atoms in total. The molecule has 0 amide bonds. The molecule has 0 atom stereocenters. The first-order valence-corrected chi connectivity index (χ1v) is 5.88. The molecule has 0 heterocycles. The van der Waals surface area contributed by atoms with Crippen molar-refractivity contribution in [1.82, 2.24) is 0 Å². The fraction of sp³-hybridized carbons (Fsp3) is 0.0714. The van der Waals surface area contributed by atoms with Gasteiger partial charge in [0.15, 0.2) is 0 Å². The Balaban J connectivity index is 2.49. The number of aliphatic imine (C=N–C) groups is 1. The van der Waals surface area contributed by atoms with E-state index in [0.717, 1.165) is 16.8 Å². The molecule has 0 fully saturated rings. The number of hydrogen-bond donors (Lipinski definition) is 1. The second-order valence-corrected chi connectivity index (χ2v) is 3.89. The van der Waals surface area contributed by atoms with Gasteiger partial charge in [0.25, 0.3) is 0 Å². The molecular formula is C14H13ClN2. The molecule has 2 aromatic carbocycles. The number of hydrogen-bond acceptors (Lipinski definition) is 1. The second kappa shape index (κ2) is 5.51. The summed E-state index contributed by atoms with van der Waals surface area (Å²) in [5, 5.41) is 0. The first-order chi connectivity index (χ1) is 8.31. The SMILES string of the molecule is NC(CCl)=Nc1ccccc1-c1ccccc1. The van der Waals surface area contributed by atoms with E-state index in [1.165, 1.54) is 0 Å². The van der Waals surface area contributed by atoms with Crippen LogP contribution in [-0.4, -0.2) is 11.7 Å². The summed E-state index contributed by atoms with van der Waals surface area (Å²) in [5.41, 5.74) is 8.69. The van der Waals surface area contributed by atoms with Crippen LogP contribution < -0.4 is 5.73 Å². The summed E-state index contributed by atoms with van der Waals surface area (Å²) < 4.78 is 0. The molecule has 0 saturated heterocycles. The van der Waals surface area contributed by atoms with Crippen molar-refractivity contribution in [2.24, 2.45) is 10.7 Å². The van der Waals surface area contributed by atoms with Crippen LogP contribution in [0.1, 0.15) is 0 Å². The molecule has 0 aromatic heterocycles. The summed E-state index contributed by atoms with van der Waals surface area (Å²) in [7, 11) is 0. The minimum Gasteiger partial charge on any atom is -0.386 e. The molecule has 3 heteroatoms. The predicted molar refractivity (Wildman–Crippen MR) is 73.9 cm³/mol. The Morgan fingerprint density at radius 2 is 1.65 bits per heavy atom. The lowest BCUT2D eigenvalue weighted by Gasteiger charge is -2.06. The highest BCUT2D eigenvalue weighted by Gasteiger charge is 2.03. The fourth-order valence-corrected chi connectivity index (χ4v) is 1.68. The number of halogens is 1. The third-order valence-electron chi connectivity index (χ3n) is 2.39. The minimum absolute atomic E-state index is 0.239. The lowest BCUT2D eigenvalue weighted by atomic mass is 10.0. The molecule has 0 bridgehead atoms. The summed E-state index contributed by atoms with van der Waals surface area (Å²) in [6.07, 6.45) is 0. The van der Waals surface area contributed by atoms with Crippen molar-refractivity contribution >= 4 is 23.1 Å². The molecule has 0 saturated carbocycles. The largest absolute Gasteiger partial charge is 0.386 e. The average molecular weight is 245 g/mol. The Morgan fingerprint density at radius 1 is 1.00 bits per heavy atom. The highest BCUT2D eigenvalue weighted by atomic mass is 35.5. The van der Waals surface area contributed by atoms with E-state index in [1.807, 2.05) is 54.6 Å². The number of para-hydroxylation sites is 1. The maximum absolute atomic E-state index is 5.67. The van der Waals surface area contributed by atoms with Crippen molar-refractivity contribution in [3.05, 3.63) is 54.6 Å². The van der Waals surface area contributed by atoms with Crippen molar-refractivity contribution in [1.29, 1.82) is 0 Å². The van der Waals surface area contributed by atoms with E-state index >= 15 is 0 Å². The van der Waals surface area contributed by atoms with Gasteiger partial charge >= 0.3 is 0 Å². The molecule has 0 aliphatic carbocycles. The Hall–Kier alpha value is -1.80. The molecule has 0 spiro atoms. The second-order valence-electron chi connectivity index (χ2n) is 3.62. The van der Waals surface area contributed by atoms with Crippen LogP contribution in [0.2, 0.25) is 0 Å². The predicted octanol–water partition coefficient (Wildman–Crippen LogP) is 3.58. The van der Waals surface area contributed by atoms with Crippen molar-refractivity contribution in [3.63, 3.8) is 0 Å². The summed E-state index contributed by atoms with van der Waals surface area (Å²) in [6.45, 7) is 0. The van der Waals surface area contributed by atoms with Crippen LogP contribution in [0.15, 0.2) is 59.6 Å². The summed E-state index contributed by atoms with van der Waals surface area (Å²) >= 11 is 5.64. The summed E-state index contributed by atoms with van der Waals surface area (Å²) in [4.78, 5) is 4.32. The molecule has 17 heavy (non-hydrogen) atoms. The van der Waals surface area contributed by atoms with E-state index in [4.69, 9.17) is 17.3 Å². The first-order valence-electron chi connectivity index (χ1n) is 5.34. The molecule has 0 aliphatic heterocycles. The Bertz CT molecular complexity index is 521. The van der Waals surface area contributed by atoms with Crippen molar-refractivity contribution in [2.45, 2.75) is 0 Å². The van der Waals surface area contributed by atoms with Crippen LogP contribution in [0.5, 0.6) is 0 Å². The van der Waals surface area contributed by atoms with Crippen LogP contribution in [0.4, 0.5) is 5.69 Å². The highest BCUT2D eigenvalue weighted by Crippen LogP contribution is 2.29. The lowest BCUT2D eigenvalue weighted by Crippen LogP contribution is -2.12. The highest BCUT2D eigenvalue weighted by molar-refractivity contribution is 6.28. The standard InChI is InChI=1S/C14H13ClN2/c15-10-14(16)17-13-9-5-4-8-12(13)11-6-2-1-3-7-11/h1-9H,10H2,(H2,16,17). The third kappa shape index (κ3) is 2.86. The third-order valence-corrected chi connectivity index (χ3v) is 2.66. The van der Waals surface area contributed by atoms with Crippen molar-refractivity contribution in [3.8, 4) is 11.1 Å². The smallest absolute Gasteiger partial charge is 0.115 e. The number of nitrogens with zero attached hydrogens (tertiary/aromatic N) is 1. The van der Waals surface area contributed by atoms with Gasteiger partial charge in [-0.3, -0.25) is 0 Å². The van der Waals surface area contributed by atoms with E-state index in [2.05, 4.69) is 4.99 Å². The van der Waals surface area contributed by atoms with Gasteiger partial charge in [0, 0.05) is 5.56 Å². The maximum atomic E-state index is 5.67. The molecule has 0 radical (unpaired) electrons. The van der Waals surface area contributed by atoms with Gasteiger partial charge in [0.2, 0.25) is 0 Å². The van der Waals surface area contributed by atoms with Crippen LogP contribution in [0.25, 0.3) is 11.1 Å². The summed E-state index contributed by atoms with van der Waals surface area (Å²) in [6, 6.07) is 18.0. The number of amidine groups is 1. The van der Waals surface area contributed by atoms with Gasteiger partial charge < -0.3 is 5.73 Å². The Kier molecular flexibility index (Phi) is 3.78. The number of rotatable bonds is 3. The number of benzene rings is 2. The monoisotopic (exact) mass is 244 g/mol. The topological polar surface area (TPSA) is 38.4 Å². The van der Waals surface area contributed by atoms with Gasteiger partial charge in [-0.15, -0.1) is 11.6 Å². The molecule has 2 N–H and O–H groups in total. The molecule has 86 valence electrons. The lowest BCUT2D eigenvalue weighted by molar-refractivity contribution is 1.45. The van der Waals surface area contributed by atoms with E-state index in [1.54, 1.807) is 0 Å². The molecular weight excluding hydrogens is 232 g/mol. The van der Waals surface area contributed by atoms with Crippen molar-refractivity contribution < 1.29 is 0 Å². The molecule has 0 unspecified atom stereocenters. The van der Waals surface area contributed by atoms with E-state index < -0.39 is 0 Å². The van der Waals surface area contributed by atoms with Gasteiger partial charge in [0.05, 0.1) is 11.6 Å². The number of alkyl halides is 1. The average Bonchev–Trinajstić information content (AvgIpc) is 2.40. The zero-order valence-corrected chi connectivity index (χ0v) is 10.1. The Labute approximate surface area is 106 Å². The normalized spacial score (nSPS) is 11.5. The van der Waals surface area contributed by atoms with Gasteiger partial charge in [0.1, 0.15) is 5.84 Å². The maximum Gasteiger partial charge on any atom is 0.115 e. The molecule has 2 aromatic rings. The van der Waals surface area contributed by atoms with Gasteiger partial charge in [-0.25, -0.2) is 4.99 Å². The first kappa shape index (κ1) is 11.7. The fourth-order valence-electron chi connectivity index (χ4n) is 1.62. The van der Waals surface area contributed by atoms with Gasteiger partial charge in [-0.05, 0) is 11.6 Å². The van der Waals surface area contributed by atoms with Crippen LogP contribution in [0, 0.1) is 0 Å². The van der Waals surface area contributed by atoms with E-state index in [0.29, 0.717) is 5.84 Å². The Morgan fingerprint density at radius 3 is 2.35 bits per heavy atom.